The van der Waals surface area contributed by atoms with Crippen LogP contribution < -0.4 is 0 Å². The highest BCUT2D eigenvalue weighted by molar-refractivity contribution is 5.84. The quantitative estimate of drug-likeness (QED) is 0.790. The molecule has 2 heteroatoms. The number of para-hydroxylation sites is 1. The van der Waals surface area contributed by atoms with Crippen LogP contribution in [0.3, 0.4) is 0 Å². The molecule has 2 nitrogen and oxygen atoms in total. The predicted octanol–water partition coefficient (Wildman–Crippen LogP) is 4.23. The van der Waals surface area contributed by atoms with E-state index in [2.05, 4.69) is 0 Å². The summed E-state index contributed by atoms with van der Waals surface area (Å²) in [6.07, 6.45) is 11.1. The minimum atomic E-state index is 0.178. The topological polar surface area (TPSA) is 32.6 Å². The SMILES string of the molecule is Cc1cccc(C=NC23CCCC(CCC2)C3)c1O. The molecule has 0 aromatic heterocycles. The van der Waals surface area contributed by atoms with Crippen molar-refractivity contribution in [3.63, 3.8) is 0 Å². The van der Waals surface area contributed by atoms with Gasteiger partial charge in [-0.15, -0.1) is 0 Å². The monoisotopic (exact) mass is 257 g/mol. The molecule has 2 saturated carbocycles. The Morgan fingerprint density at radius 2 is 2.00 bits per heavy atom. The van der Waals surface area contributed by atoms with Crippen molar-refractivity contribution in [1.82, 2.24) is 0 Å². The highest BCUT2D eigenvalue weighted by Gasteiger charge is 2.38. The molecule has 2 fully saturated rings. The molecule has 1 N–H and O–H groups in total. The third-order valence-electron chi connectivity index (χ3n) is 4.92. The van der Waals surface area contributed by atoms with E-state index in [4.69, 9.17) is 4.99 Å². The summed E-state index contributed by atoms with van der Waals surface area (Å²) >= 11 is 0. The summed E-state index contributed by atoms with van der Waals surface area (Å²) in [5.74, 6) is 1.27. The van der Waals surface area contributed by atoms with E-state index in [9.17, 15) is 5.11 Å². The van der Waals surface area contributed by atoms with E-state index in [1.807, 2.05) is 31.3 Å². The normalized spacial score (nSPS) is 30.7. The molecule has 2 aliphatic rings. The predicted molar refractivity (Wildman–Crippen MR) is 79.0 cm³/mol. The lowest BCUT2D eigenvalue weighted by Gasteiger charge is -2.42. The van der Waals surface area contributed by atoms with Crippen molar-refractivity contribution in [3.05, 3.63) is 29.3 Å². The molecule has 3 rings (SSSR count). The minimum absolute atomic E-state index is 0.178. The van der Waals surface area contributed by atoms with Gasteiger partial charge in [-0.3, -0.25) is 4.99 Å². The van der Waals surface area contributed by atoms with Crippen LogP contribution in [0.25, 0.3) is 0 Å². The zero-order valence-corrected chi connectivity index (χ0v) is 11.7. The molecule has 0 heterocycles. The molecule has 102 valence electrons. The van der Waals surface area contributed by atoms with E-state index in [1.54, 1.807) is 0 Å². The molecule has 0 saturated heterocycles. The second-order valence-corrected chi connectivity index (χ2v) is 6.35. The fourth-order valence-corrected chi connectivity index (χ4v) is 3.83. The molecule has 0 unspecified atom stereocenters. The molecular weight excluding hydrogens is 234 g/mol. The first kappa shape index (κ1) is 12.7. The molecule has 19 heavy (non-hydrogen) atoms. The van der Waals surface area contributed by atoms with Crippen LogP contribution in [0.5, 0.6) is 5.75 Å². The largest absolute Gasteiger partial charge is 0.507 e. The van der Waals surface area contributed by atoms with Gasteiger partial charge in [-0.1, -0.05) is 37.8 Å². The number of nitrogens with zero attached hydrogens (tertiary/aromatic N) is 1. The number of phenolic OH excluding ortho intramolecular Hbond substituents is 1. The Kier molecular flexibility index (Phi) is 3.34. The number of phenols is 1. The number of hydrogen-bond acceptors (Lipinski definition) is 2. The van der Waals surface area contributed by atoms with Crippen molar-refractivity contribution in [2.24, 2.45) is 10.9 Å². The molecule has 1 aromatic rings. The standard InChI is InChI=1S/C17H23NO/c1-13-5-2-8-15(16(13)19)12-18-17-9-3-6-14(11-17)7-4-10-17/h2,5,8,12,14,19H,3-4,6-7,9-11H2,1H3. The summed E-state index contributed by atoms with van der Waals surface area (Å²) in [5, 5.41) is 10.1. The maximum atomic E-state index is 10.1. The maximum absolute atomic E-state index is 10.1. The Balaban J connectivity index is 1.83. The van der Waals surface area contributed by atoms with Gasteiger partial charge in [0.15, 0.2) is 0 Å². The van der Waals surface area contributed by atoms with Crippen LogP contribution in [0.15, 0.2) is 23.2 Å². The van der Waals surface area contributed by atoms with Gasteiger partial charge in [0.1, 0.15) is 5.75 Å². The van der Waals surface area contributed by atoms with Crippen molar-refractivity contribution >= 4 is 6.21 Å². The Bertz CT molecular complexity index is 482. The summed E-state index contributed by atoms with van der Waals surface area (Å²) < 4.78 is 0. The van der Waals surface area contributed by atoms with Gasteiger partial charge in [0, 0.05) is 11.8 Å². The van der Waals surface area contributed by atoms with E-state index in [0.717, 1.165) is 17.0 Å². The molecule has 2 aliphatic carbocycles. The summed E-state index contributed by atoms with van der Waals surface area (Å²) in [5.41, 5.74) is 1.96. The van der Waals surface area contributed by atoms with Crippen LogP contribution in [0.2, 0.25) is 0 Å². The number of benzene rings is 1. The lowest BCUT2D eigenvalue weighted by atomic mass is 9.67. The number of hydrogen-bond donors (Lipinski definition) is 1. The van der Waals surface area contributed by atoms with Crippen molar-refractivity contribution in [1.29, 1.82) is 0 Å². The van der Waals surface area contributed by atoms with Crippen LogP contribution in [0.1, 0.15) is 56.1 Å². The van der Waals surface area contributed by atoms with E-state index < -0.39 is 0 Å². The zero-order valence-electron chi connectivity index (χ0n) is 11.7. The average molecular weight is 257 g/mol. The van der Waals surface area contributed by atoms with Crippen LogP contribution in [0.4, 0.5) is 0 Å². The Morgan fingerprint density at radius 3 is 2.74 bits per heavy atom. The van der Waals surface area contributed by atoms with Crippen LogP contribution in [-0.4, -0.2) is 16.9 Å². The van der Waals surface area contributed by atoms with E-state index in [0.29, 0.717) is 5.75 Å². The van der Waals surface area contributed by atoms with Crippen LogP contribution in [0, 0.1) is 12.8 Å². The molecule has 2 bridgehead atoms. The number of rotatable bonds is 2. The molecule has 0 atom stereocenters. The third-order valence-corrected chi connectivity index (χ3v) is 4.92. The van der Waals surface area contributed by atoms with Gasteiger partial charge in [-0.2, -0.15) is 0 Å². The Morgan fingerprint density at radius 1 is 1.26 bits per heavy atom. The Labute approximate surface area is 115 Å². The van der Waals surface area contributed by atoms with Crippen molar-refractivity contribution in [3.8, 4) is 5.75 Å². The minimum Gasteiger partial charge on any atom is -0.507 e. The first-order valence-electron chi connectivity index (χ1n) is 7.52. The van der Waals surface area contributed by atoms with Crippen molar-refractivity contribution in [2.45, 2.75) is 57.4 Å². The molecule has 0 aliphatic heterocycles. The second kappa shape index (κ2) is 4.99. The maximum Gasteiger partial charge on any atom is 0.127 e. The number of aromatic hydroxyl groups is 1. The molecule has 0 radical (unpaired) electrons. The highest BCUT2D eigenvalue weighted by atomic mass is 16.3. The molecule has 0 amide bonds. The Hall–Kier alpha value is -1.31. The first-order valence-corrected chi connectivity index (χ1v) is 7.52. The number of fused-ring (bicyclic) bond motifs is 2. The van der Waals surface area contributed by atoms with E-state index in [1.165, 1.54) is 44.9 Å². The van der Waals surface area contributed by atoms with Gasteiger partial charge in [0.05, 0.1) is 5.54 Å². The lowest BCUT2D eigenvalue weighted by Crippen LogP contribution is -2.37. The van der Waals surface area contributed by atoms with Crippen molar-refractivity contribution in [2.75, 3.05) is 0 Å². The summed E-state index contributed by atoms with van der Waals surface area (Å²) in [7, 11) is 0. The van der Waals surface area contributed by atoms with Gasteiger partial charge in [0.25, 0.3) is 0 Å². The molecular formula is C17H23NO. The van der Waals surface area contributed by atoms with Crippen LogP contribution in [-0.2, 0) is 0 Å². The lowest BCUT2D eigenvalue weighted by molar-refractivity contribution is 0.157. The fourth-order valence-electron chi connectivity index (χ4n) is 3.83. The number of aliphatic imine (C=N–C) groups is 1. The summed E-state index contributed by atoms with van der Waals surface area (Å²) in [6.45, 7) is 1.93. The smallest absolute Gasteiger partial charge is 0.127 e. The van der Waals surface area contributed by atoms with Crippen molar-refractivity contribution < 1.29 is 5.11 Å². The average Bonchev–Trinajstić information content (AvgIpc) is 2.41. The number of aryl methyl sites for hydroxylation is 1. The van der Waals surface area contributed by atoms with Gasteiger partial charge < -0.3 is 5.11 Å². The van der Waals surface area contributed by atoms with Gasteiger partial charge in [-0.25, -0.2) is 0 Å². The first-order chi connectivity index (χ1) is 9.19. The zero-order chi connectivity index (χ0) is 13.3. The van der Waals surface area contributed by atoms with E-state index >= 15 is 0 Å². The van der Waals surface area contributed by atoms with E-state index in [-0.39, 0.29) is 5.54 Å². The van der Waals surface area contributed by atoms with Gasteiger partial charge in [-0.05, 0) is 43.7 Å². The summed E-state index contributed by atoms with van der Waals surface area (Å²) in [6, 6.07) is 5.87. The van der Waals surface area contributed by atoms with Gasteiger partial charge in [0.2, 0.25) is 0 Å². The third kappa shape index (κ3) is 2.54. The van der Waals surface area contributed by atoms with Gasteiger partial charge >= 0.3 is 0 Å². The summed E-state index contributed by atoms with van der Waals surface area (Å²) in [4.78, 5) is 4.92. The highest BCUT2D eigenvalue weighted by Crippen LogP contribution is 2.45. The van der Waals surface area contributed by atoms with Crippen LogP contribution >= 0.6 is 0 Å². The fraction of sp³-hybridized carbons (Fsp3) is 0.588. The second-order valence-electron chi connectivity index (χ2n) is 6.35. The molecule has 0 spiro atoms. The molecule has 1 aromatic carbocycles.